The minimum Gasteiger partial charge on any atom is -0.357 e. The van der Waals surface area contributed by atoms with Crippen LogP contribution in [0, 0.1) is 0 Å². The average molecular weight is 561 g/mol. The van der Waals surface area contributed by atoms with Gasteiger partial charge >= 0.3 is 0 Å². The Labute approximate surface area is 206 Å². The number of hydrogen-bond acceptors (Lipinski definition) is 3. The highest BCUT2D eigenvalue weighted by molar-refractivity contribution is 14.0. The number of carbonyl (C=O) groups is 1. The van der Waals surface area contributed by atoms with Crippen molar-refractivity contribution in [1.82, 2.24) is 15.5 Å². The van der Waals surface area contributed by atoms with E-state index in [2.05, 4.69) is 41.8 Å². The van der Waals surface area contributed by atoms with E-state index in [1.165, 1.54) is 5.56 Å². The van der Waals surface area contributed by atoms with Crippen molar-refractivity contribution < 1.29 is 9.00 Å². The van der Waals surface area contributed by atoms with Gasteiger partial charge in [0.2, 0.25) is 5.91 Å². The second-order valence-electron chi connectivity index (χ2n) is 8.23. The van der Waals surface area contributed by atoms with Crippen LogP contribution in [0.4, 0.5) is 0 Å². The maximum absolute atomic E-state index is 12.2. The van der Waals surface area contributed by atoms with Gasteiger partial charge in [0.1, 0.15) is 0 Å². The van der Waals surface area contributed by atoms with Crippen molar-refractivity contribution in [2.75, 3.05) is 18.8 Å². The highest BCUT2D eigenvalue weighted by Gasteiger charge is 2.26. The number of aliphatic imine (C=N–C) groups is 1. The van der Waals surface area contributed by atoms with Crippen molar-refractivity contribution in [3.8, 4) is 0 Å². The van der Waals surface area contributed by atoms with Gasteiger partial charge in [-0.25, -0.2) is 4.99 Å². The molecule has 31 heavy (non-hydrogen) atoms. The lowest BCUT2D eigenvalue weighted by Gasteiger charge is -2.30. The zero-order valence-corrected chi connectivity index (χ0v) is 21.9. The van der Waals surface area contributed by atoms with Gasteiger partial charge < -0.3 is 15.5 Å². The third kappa shape index (κ3) is 8.04. The van der Waals surface area contributed by atoms with E-state index >= 15 is 0 Å². The van der Waals surface area contributed by atoms with E-state index in [1.54, 1.807) is 0 Å². The van der Waals surface area contributed by atoms with Gasteiger partial charge in [-0.2, -0.15) is 0 Å². The molecule has 0 aromatic heterocycles. The van der Waals surface area contributed by atoms with Crippen LogP contribution in [0.2, 0.25) is 0 Å². The molecule has 3 unspecified atom stereocenters. The number of amides is 1. The molecule has 3 atom stereocenters. The molecule has 2 fully saturated rings. The fourth-order valence-electron chi connectivity index (χ4n) is 4.28. The van der Waals surface area contributed by atoms with E-state index in [9.17, 15) is 9.00 Å². The van der Waals surface area contributed by atoms with E-state index in [1.807, 2.05) is 11.8 Å². The molecule has 0 spiro atoms. The van der Waals surface area contributed by atoms with Crippen LogP contribution in [-0.2, 0) is 28.7 Å². The molecule has 1 saturated carbocycles. The summed E-state index contributed by atoms with van der Waals surface area (Å²) in [6, 6.07) is 8.73. The third-order valence-electron chi connectivity index (χ3n) is 5.95. The minimum atomic E-state index is -0.718. The van der Waals surface area contributed by atoms with Gasteiger partial charge in [-0.05, 0) is 43.7 Å². The van der Waals surface area contributed by atoms with E-state index in [4.69, 9.17) is 4.99 Å². The molecule has 3 rings (SSSR count). The predicted octanol–water partition coefficient (Wildman–Crippen LogP) is 3.56. The molecule has 1 aliphatic carbocycles. The third-order valence-corrected chi connectivity index (χ3v) is 7.70. The predicted molar refractivity (Wildman–Crippen MR) is 139 cm³/mol. The topological polar surface area (TPSA) is 73.8 Å². The summed E-state index contributed by atoms with van der Waals surface area (Å²) in [4.78, 5) is 18.5. The fraction of sp³-hybridized carbons (Fsp3) is 0.652. The van der Waals surface area contributed by atoms with E-state index in [-0.39, 0.29) is 29.9 Å². The molecule has 1 heterocycles. The lowest BCUT2D eigenvalue weighted by Crippen LogP contribution is -2.46. The van der Waals surface area contributed by atoms with Crippen LogP contribution in [0.3, 0.4) is 0 Å². The summed E-state index contributed by atoms with van der Waals surface area (Å²) in [5.41, 5.74) is 2.32. The molecular weight excluding hydrogens is 523 g/mol. The summed E-state index contributed by atoms with van der Waals surface area (Å²) in [7, 11) is -0.718. The molecule has 8 heteroatoms. The minimum absolute atomic E-state index is 0. The molecule has 1 amide bonds. The van der Waals surface area contributed by atoms with Gasteiger partial charge in [0.15, 0.2) is 5.96 Å². The van der Waals surface area contributed by atoms with Crippen molar-refractivity contribution in [3.63, 3.8) is 0 Å². The van der Waals surface area contributed by atoms with Gasteiger partial charge in [-0.1, -0.05) is 37.6 Å². The van der Waals surface area contributed by atoms with E-state index in [0.29, 0.717) is 30.8 Å². The Morgan fingerprint density at radius 2 is 1.90 bits per heavy atom. The van der Waals surface area contributed by atoms with Crippen LogP contribution < -0.4 is 10.6 Å². The Hall–Kier alpha value is -1.16. The summed E-state index contributed by atoms with van der Waals surface area (Å²) in [5.74, 6) is 1.84. The fourth-order valence-corrected chi connectivity index (χ4v) is 5.62. The first-order valence-corrected chi connectivity index (χ1v) is 12.7. The molecule has 2 aliphatic rings. The van der Waals surface area contributed by atoms with Crippen molar-refractivity contribution >= 4 is 46.6 Å². The van der Waals surface area contributed by atoms with Gasteiger partial charge in [0.05, 0.1) is 6.54 Å². The molecule has 1 saturated heterocycles. The van der Waals surface area contributed by atoms with Crippen LogP contribution in [0.5, 0.6) is 0 Å². The summed E-state index contributed by atoms with van der Waals surface area (Å²) in [6.07, 6.45) is 5.90. The second-order valence-corrected chi connectivity index (χ2v) is 10.2. The average Bonchev–Trinajstić information content (AvgIpc) is 3.17. The Morgan fingerprint density at radius 3 is 2.55 bits per heavy atom. The molecule has 0 radical (unpaired) electrons. The van der Waals surface area contributed by atoms with Crippen LogP contribution in [-0.4, -0.2) is 51.1 Å². The zero-order chi connectivity index (χ0) is 21.3. The first kappa shape index (κ1) is 26.1. The van der Waals surface area contributed by atoms with Crippen LogP contribution in [0.15, 0.2) is 29.3 Å². The quantitative estimate of drug-likeness (QED) is 0.290. The first-order valence-electron chi connectivity index (χ1n) is 11.4. The second kappa shape index (κ2) is 13.4. The zero-order valence-electron chi connectivity index (χ0n) is 18.8. The number of rotatable bonds is 8. The molecule has 1 aromatic carbocycles. The highest BCUT2D eigenvalue weighted by atomic mass is 127. The van der Waals surface area contributed by atoms with Crippen molar-refractivity contribution in [2.45, 2.75) is 76.8 Å². The Morgan fingerprint density at radius 1 is 1.16 bits per heavy atom. The van der Waals surface area contributed by atoms with E-state index in [0.717, 1.165) is 62.5 Å². The summed E-state index contributed by atoms with van der Waals surface area (Å²) >= 11 is 0. The maximum atomic E-state index is 12.2. The summed E-state index contributed by atoms with van der Waals surface area (Å²) < 4.78 is 12.2. The van der Waals surface area contributed by atoms with Crippen LogP contribution in [0.1, 0.15) is 63.5 Å². The molecule has 1 aliphatic heterocycles. The van der Waals surface area contributed by atoms with Crippen LogP contribution in [0.25, 0.3) is 0 Å². The van der Waals surface area contributed by atoms with Crippen LogP contribution >= 0.6 is 24.0 Å². The number of halogens is 1. The Balaban J connectivity index is 0.00000341. The number of likely N-dealkylation sites (tertiary alicyclic amines) is 1. The number of carbonyl (C=O) groups excluding carboxylic acids is 1. The summed E-state index contributed by atoms with van der Waals surface area (Å²) in [5, 5.41) is 7.21. The lowest BCUT2D eigenvalue weighted by atomic mass is 9.95. The highest BCUT2D eigenvalue weighted by Crippen LogP contribution is 2.23. The smallest absolute Gasteiger partial charge is 0.222 e. The molecule has 2 N–H and O–H groups in total. The number of nitrogens with zero attached hydrogens (tertiary/aromatic N) is 2. The van der Waals surface area contributed by atoms with Gasteiger partial charge in [0, 0.05) is 53.9 Å². The van der Waals surface area contributed by atoms with Crippen molar-refractivity contribution in [2.24, 2.45) is 4.99 Å². The van der Waals surface area contributed by atoms with Crippen molar-refractivity contribution in [1.29, 1.82) is 0 Å². The molecule has 0 bridgehead atoms. The molecule has 174 valence electrons. The van der Waals surface area contributed by atoms with Crippen molar-refractivity contribution in [3.05, 3.63) is 35.4 Å². The van der Waals surface area contributed by atoms with Gasteiger partial charge in [-0.15, -0.1) is 24.0 Å². The number of benzene rings is 1. The lowest BCUT2D eigenvalue weighted by molar-refractivity contribution is -0.128. The standard InChI is InChI=1S/C23H36N4O2S.HI/c1-3-24-23(26-20-7-5-8-21(15-20)30(29)4-2)25-16-18-10-12-19(13-11-18)17-27-14-6-9-22(27)28;/h10-13,20-21H,3-9,14-17H2,1-2H3,(H2,24,25,26);1H. The monoisotopic (exact) mass is 560 g/mol. The Bertz CT molecular complexity index is 756. The number of guanidine groups is 1. The van der Waals surface area contributed by atoms with Gasteiger partial charge in [0.25, 0.3) is 0 Å². The van der Waals surface area contributed by atoms with E-state index < -0.39 is 10.8 Å². The first-order chi connectivity index (χ1) is 14.6. The molecular formula is C23H37IN4O2S. The number of hydrogen-bond donors (Lipinski definition) is 2. The summed E-state index contributed by atoms with van der Waals surface area (Å²) in [6.45, 7) is 7.07. The number of nitrogens with one attached hydrogen (secondary N) is 2. The maximum Gasteiger partial charge on any atom is 0.222 e. The molecule has 6 nitrogen and oxygen atoms in total. The normalized spacial score (nSPS) is 22.7. The SMILES string of the molecule is CCNC(=NCc1ccc(CN2CCCC2=O)cc1)NC1CCCC(S(=O)CC)C1.I. The molecule has 1 aromatic rings. The largest absolute Gasteiger partial charge is 0.357 e. The van der Waals surface area contributed by atoms with Gasteiger partial charge in [-0.3, -0.25) is 9.00 Å². The Kier molecular flexibility index (Phi) is 11.3.